The van der Waals surface area contributed by atoms with Gasteiger partial charge in [-0.25, -0.2) is 4.39 Å². The monoisotopic (exact) mass is 209 g/mol. The summed E-state index contributed by atoms with van der Waals surface area (Å²) in [6.45, 7) is 0.142. The number of aliphatic hydroxyl groups excluding tert-OH is 1. The second kappa shape index (κ2) is 5.93. The van der Waals surface area contributed by atoms with E-state index in [9.17, 15) is 9.18 Å². The highest BCUT2D eigenvalue weighted by molar-refractivity contribution is 5.91. The fraction of sp³-hybridized carbons (Fsp3) is 0.182. The van der Waals surface area contributed by atoms with E-state index in [-0.39, 0.29) is 24.9 Å². The molecule has 0 atom stereocenters. The summed E-state index contributed by atoms with van der Waals surface area (Å²) in [5.41, 5.74) is 0.746. The zero-order valence-electron chi connectivity index (χ0n) is 8.11. The molecular formula is C11H12FNO2. The van der Waals surface area contributed by atoms with Crippen molar-refractivity contribution in [2.45, 2.75) is 0 Å². The number of halogens is 1. The fourth-order valence-electron chi connectivity index (χ4n) is 0.984. The van der Waals surface area contributed by atoms with Crippen LogP contribution < -0.4 is 5.32 Å². The van der Waals surface area contributed by atoms with Gasteiger partial charge in [-0.3, -0.25) is 4.79 Å². The van der Waals surface area contributed by atoms with Gasteiger partial charge < -0.3 is 10.4 Å². The molecule has 3 nitrogen and oxygen atoms in total. The standard InChI is InChI=1S/C11H12FNO2/c12-10-4-1-9(2-5-10)3-6-11(15)13-7-8-14/h1-6,14H,7-8H2,(H,13,15)/b6-3+. The molecule has 1 amide bonds. The van der Waals surface area contributed by atoms with Crippen molar-refractivity contribution < 1.29 is 14.3 Å². The minimum absolute atomic E-state index is 0.0872. The molecule has 1 rings (SSSR count). The summed E-state index contributed by atoms with van der Waals surface area (Å²) in [6, 6.07) is 5.80. The molecule has 0 saturated heterocycles. The molecule has 15 heavy (non-hydrogen) atoms. The van der Waals surface area contributed by atoms with Gasteiger partial charge in [0.25, 0.3) is 0 Å². The van der Waals surface area contributed by atoms with Gasteiger partial charge in [-0.1, -0.05) is 12.1 Å². The zero-order valence-corrected chi connectivity index (χ0v) is 8.11. The molecule has 0 aliphatic heterocycles. The zero-order chi connectivity index (χ0) is 11.1. The molecule has 4 heteroatoms. The molecular weight excluding hydrogens is 197 g/mol. The van der Waals surface area contributed by atoms with E-state index in [1.165, 1.54) is 18.2 Å². The number of nitrogens with one attached hydrogen (secondary N) is 1. The van der Waals surface area contributed by atoms with Crippen LogP contribution in [0.25, 0.3) is 6.08 Å². The number of benzene rings is 1. The van der Waals surface area contributed by atoms with Gasteiger partial charge in [0.05, 0.1) is 6.61 Å². The van der Waals surface area contributed by atoms with Crippen LogP contribution in [-0.2, 0) is 4.79 Å². The van der Waals surface area contributed by atoms with Gasteiger partial charge >= 0.3 is 0 Å². The van der Waals surface area contributed by atoms with Crippen molar-refractivity contribution in [2.75, 3.05) is 13.2 Å². The van der Waals surface area contributed by atoms with Crippen LogP contribution in [0.3, 0.4) is 0 Å². The predicted molar refractivity (Wildman–Crippen MR) is 55.5 cm³/mol. The largest absolute Gasteiger partial charge is 0.395 e. The van der Waals surface area contributed by atoms with Crippen LogP contribution in [0.4, 0.5) is 4.39 Å². The van der Waals surface area contributed by atoms with Gasteiger partial charge in [-0.15, -0.1) is 0 Å². The summed E-state index contributed by atoms with van der Waals surface area (Å²) in [5.74, 6) is -0.592. The summed E-state index contributed by atoms with van der Waals surface area (Å²) < 4.78 is 12.5. The normalized spacial score (nSPS) is 10.5. The summed E-state index contributed by atoms with van der Waals surface area (Å²) >= 11 is 0. The molecule has 1 aromatic rings. The Morgan fingerprint density at radius 3 is 2.67 bits per heavy atom. The first-order valence-electron chi connectivity index (χ1n) is 4.54. The third kappa shape index (κ3) is 4.37. The second-order valence-corrected chi connectivity index (χ2v) is 2.90. The van der Waals surface area contributed by atoms with Gasteiger partial charge in [0.1, 0.15) is 5.82 Å². The van der Waals surface area contributed by atoms with Crippen molar-refractivity contribution >= 4 is 12.0 Å². The molecule has 1 aromatic carbocycles. The molecule has 0 aliphatic carbocycles. The molecule has 0 aliphatic rings. The van der Waals surface area contributed by atoms with Crippen LogP contribution in [0.2, 0.25) is 0 Å². The van der Waals surface area contributed by atoms with E-state index in [0.29, 0.717) is 0 Å². The maximum absolute atomic E-state index is 12.5. The highest BCUT2D eigenvalue weighted by atomic mass is 19.1. The number of amides is 1. The first-order valence-corrected chi connectivity index (χ1v) is 4.54. The van der Waals surface area contributed by atoms with Crippen LogP contribution in [0.5, 0.6) is 0 Å². The molecule has 0 aromatic heterocycles. The Kier molecular flexibility index (Phi) is 4.50. The SMILES string of the molecule is O=C(/C=C/c1ccc(F)cc1)NCCO. The van der Waals surface area contributed by atoms with Crippen LogP contribution in [0.15, 0.2) is 30.3 Å². The summed E-state index contributed by atoms with van der Waals surface area (Å²) in [7, 11) is 0. The van der Waals surface area contributed by atoms with Crippen molar-refractivity contribution in [3.63, 3.8) is 0 Å². The maximum Gasteiger partial charge on any atom is 0.244 e. The van der Waals surface area contributed by atoms with Crippen molar-refractivity contribution in [3.8, 4) is 0 Å². The Balaban J connectivity index is 2.50. The number of hydrogen-bond donors (Lipinski definition) is 2. The lowest BCUT2D eigenvalue weighted by atomic mass is 10.2. The smallest absolute Gasteiger partial charge is 0.244 e. The number of carbonyl (C=O) groups excluding carboxylic acids is 1. The van der Waals surface area contributed by atoms with Crippen LogP contribution in [-0.4, -0.2) is 24.2 Å². The topological polar surface area (TPSA) is 49.3 Å². The average molecular weight is 209 g/mol. The summed E-state index contributed by atoms with van der Waals surface area (Å²) in [6.07, 6.45) is 2.91. The Morgan fingerprint density at radius 2 is 2.07 bits per heavy atom. The van der Waals surface area contributed by atoms with Crippen LogP contribution in [0, 0.1) is 5.82 Å². The molecule has 0 bridgehead atoms. The molecule has 2 N–H and O–H groups in total. The molecule has 0 fully saturated rings. The van der Waals surface area contributed by atoms with Gasteiger partial charge in [-0.2, -0.15) is 0 Å². The van der Waals surface area contributed by atoms with E-state index in [2.05, 4.69) is 5.32 Å². The fourth-order valence-corrected chi connectivity index (χ4v) is 0.984. The third-order valence-electron chi connectivity index (χ3n) is 1.71. The number of hydrogen-bond acceptors (Lipinski definition) is 2. The van der Waals surface area contributed by atoms with E-state index in [1.54, 1.807) is 18.2 Å². The Bertz CT molecular complexity index is 346. The van der Waals surface area contributed by atoms with Gasteiger partial charge in [0.2, 0.25) is 5.91 Å². The predicted octanol–water partition coefficient (Wildman–Crippen LogP) is 0.947. The molecule has 0 heterocycles. The average Bonchev–Trinajstić information content (AvgIpc) is 2.25. The lowest BCUT2D eigenvalue weighted by Crippen LogP contribution is -2.24. The van der Waals surface area contributed by atoms with E-state index < -0.39 is 0 Å². The highest BCUT2D eigenvalue weighted by Crippen LogP contribution is 2.04. The molecule has 0 unspecified atom stereocenters. The number of aliphatic hydroxyl groups is 1. The summed E-state index contributed by atoms with van der Waals surface area (Å²) in [5, 5.41) is 10.9. The van der Waals surface area contributed by atoms with Crippen molar-refractivity contribution in [1.29, 1.82) is 0 Å². The van der Waals surface area contributed by atoms with E-state index in [0.717, 1.165) is 5.56 Å². The lowest BCUT2D eigenvalue weighted by molar-refractivity contribution is -0.116. The van der Waals surface area contributed by atoms with Crippen molar-refractivity contribution in [1.82, 2.24) is 5.32 Å². The molecule has 0 saturated carbocycles. The highest BCUT2D eigenvalue weighted by Gasteiger charge is 1.93. The second-order valence-electron chi connectivity index (χ2n) is 2.90. The first kappa shape index (κ1) is 11.4. The minimum atomic E-state index is -0.308. The summed E-state index contributed by atoms with van der Waals surface area (Å²) in [4.78, 5) is 11.1. The van der Waals surface area contributed by atoms with Crippen LogP contribution >= 0.6 is 0 Å². The third-order valence-corrected chi connectivity index (χ3v) is 1.71. The van der Waals surface area contributed by atoms with Crippen molar-refractivity contribution in [2.24, 2.45) is 0 Å². The first-order chi connectivity index (χ1) is 7.22. The van der Waals surface area contributed by atoms with E-state index >= 15 is 0 Å². The van der Waals surface area contributed by atoms with E-state index in [1.807, 2.05) is 0 Å². The van der Waals surface area contributed by atoms with Gasteiger partial charge in [0, 0.05) is 12.6 Å². The van der Waals surface area contributed by atoms with E-state index in [4.69, 9.17) is 5.11 Å². The molecule has 80 valence electrons. The minimum Gasteiger partial charge on any atom is -0.395 e. The quantitative estimate of drug-likeness (QED) is 0.725. The Hall–Kier alpha value is -1.68. The lowest BCUT2D eigenvalue weighted by Gasteiger charge is -1.97. The number of carbonyl (C=O) groups is 1. The maximum atomic E-state index is 12.5. The van der Waals surface area contributed by atoms with Gasteiger partial charge in [0.15, 0.2) is 0 Å². The Morgan fingerprint density at radius 1 is 1.40 bits per heavy atom. The van der Waals surface area contributed by atoms with Crippen LogP contribution in [0.1, 0.15) is 5.56 Å². The van der Waals surface area contributed by atoms with Gasteiger partial charge in [-0.05, 0) is 23.8 Å². The Labute approximate surface area is 87.2 Å². The molecule has 0 radical (unpaired) electrons. The molecule has 0 spiro atoms. The number of rotatable bonds is 4. The van der Waals surface area contributed by atoms with Crippen molar-refractivity contribution in [3.05, 3.63) is 41.7 Å².